The van der Waals surface area contributed by atoms with E-state index < -0.39 is 12.2 Å². The first-order chi connectivity index (χ1) is 18.4. The van der Waals surface area contributed by atoms with E-state index in [0.717, 1.165) is 43.4 Å². The predicted octanol–water partition coefficient (Wildman–Crippen LogP) is 5.14. The van der Waals surface area contributed by atoms with E-state index in [2.05, 4.69) is 39.8 Å². The Morgan fingerprint density at radius 1 is 0.579 bits per heavy atom. The van der Waals surface area contributed by atoms with Crippen LogP contribution in [-0.4, -0.2) is 75.3 Å². The molecule has 0 aliphatic heterocycles. The zero-order valence-corrected chi connectivity index (χ0v) is 23.7. The van der Waals surface area contributed by atoms with Crippen molar-refractivity contribution in [1.82, 2.24) is 0 Å². The lowest BCUT2D eigenvalue weighted by Gasteiger charge is -2.26. The largest absolute Gasteiger partial charge is 0.491 e. The zero-order valence-electron chi connectivity index (χ0n) is 23.7. The van der Waals surface area contributed by atoms with Crippen LogP contribution in [0.15, 0.2) is 48.5 Å². The van der Waals surface area contributed by atoms with Gasteiger partial charge in [-0.2, -0.15) is 0 Å². The Labute approximate surface area is 229 Å². The molecule has 2 aromatic rings. The number of aliphatic hydroxyl groups excluding tert-OH is 2. The molecule has 2 atom stereocenters. The van der Waals surface area contributed by atoms with Crippen molar-refractivity contribution in [2.75, 3.05) is 52.9 Å². The first-order valence-corrected chi connectivity index (χ1v) is 13.9. The highest BCUT2D eigenvalue weighted by Crippen LogP contribution is 2.33. The normalized spacial score (nSPS) is 13.3. The molecule has 2 aromatic carbocycles. The van der Waals surface area contributed by atoms with E-state index >= 15 is 0 Å². The molecule has 0 spiro atoms. The SMILES string of the molecule is CCCCOCCOCC(O)COc1ccc(C(C)(C)c2ccc(OCC(O)COCCCC)cc2)cc1. The molecule has 0 radical (unpaired) electrons. The van der Waals surface area contributed by atoms with Crippen LogP contribution < -0.4 is 9.47 Å². The van der Waals surface area contributed by atoms with Crippen LogP contribution >= 0.6 is 0 Å². The number of hydrogen-bond donors (Lipinski definition) is 2. The van der Waals surface area contributed by atoms with Crippen LogP contribution in [0.3, 0.4) is 0 Å². The van der Waals surface area contributed by atoms with E-state index in [9.17, 15) is 10.2 Å². The molecule has 2 N–H and O–H groups in total. The highest BCUT2D eigenvalue weighted by atomic mass is 16.5. The average Bonchev–Trinajstić information content (AvgIpc) is 2.93. The minimum absolute atomic E-state index is 0.167. The molecule has 0 aromatic heterocycles. The van der Waals surface area contributed by atoms with E-state index in [1.807, 2.05) is 36.4 Å². The highest BCUT2D eigenvalue weighted by molar-refractivity contribution is 5.41. The third-order valence-electron chi connectivity index (χ3n) is 6.31. The molecule has 0 aliphatic rings. The lowest BCUT2D eigenvalue weighted by atomic mass is 9.78. The van der Waals surface area contributed by atoms with Gasteiger partial charge in [0.1, 0.15) is 36.9 Å². The maximum Gasteiger partial charge on any atom is 0.119 e. The molecule has 0 saturated heterocycles. The monoisotopic (exact) mass is 532 g/mol. The lowest BCUT2D eigenvalue weighted by Crippen LogP contribution is -2.24. The van der Waals surface area contributed by atoms with Gasteiger partial charge in [0.15, 0.2) is 0 Å². The maximum atomic E-state index is 10.1. The van der Waals surface area contributed by atoms with Crippen molar-refractivity contribution >= 4 is 0 Å². The van der Waals surface area contributed by atoms with Crippen LogP contribution in [0.5, 0.6) is 11.5 Å². The van der Waals surface area contributed by atoms with Gasteiger partial charge in [-0.15, -0.1) is 0 Å². The molecule has 0 amide bonds. The summed E-state index contributed by atoms with van der Waals surface area (Å²) in [6.07, 6.45) is 2.89. The summed E-state index contributed by atoms with van der Waals surface area (Å²) in [6, 6.07) is 15.9. The van der Waals surface area contributed by atoms with Crippen LogP contribution in [0.1, 0.15) is 64.5 Å². The molecular weight excluding hydrogens is 484 g/mol. The van der Waals surface area contributed by atoms with Crippen LogP contribution in [0.25, 0.3) is 0 Å². The van der Waals surface area contributed by atoms with Crippen LogP contribution in [0.4, 0.5) is 0 Å². The summed E-state index contributed by atoms with van der Waals surface area (Å²) in [7, 11) is 0. The van der Waals surface area contributed by atoms with E-state index in [4.69, 9.17) is 23.7 Å². The van der Waals surface area contributed by atoms with Crippen molar-refractivity contribution in [1.29, 1.82) is 0 Å². The van der Waals surface area contributed by atoms with Crippen LogP contribution in [0, 0.1) is 0 Å². The highest BCUT2D eigenvalue weighted by Gasteiger charge is 2.23. The summed E-state index contributed by atoms with van der Waals surface area (Å²) >= 11 is 0. The Morgan fingerprint density at radius 2 is 0.974 bits per heavy atom. The summed E-state index contributed by atoms with van der Waals surface area (Å²) in [6.45, 7) is 11.9. The fourth-order valence-corrected chi connectivity index (χ4v) is 3.73. The molecule has 0 saturated carbocycles. The van der Waals surface area contributed by atoms with Crippen molar-refractivity contribution in [3.8, 4) is 11.5 Å². The Morgan fingerprint density at radius 3 is 1.42 bits per heavy atom. The Bertz CT molecular complexity index is 852. The fraction of sp³-hybridized carbons (Fsp3) is 0.613. The second-order valence-electron chi connectivity index (χ2n) is 10.1. The number of benzene rings is 2. The third-order valence-corrected chi connectivity index (χ3v) is 6.31. The summed E-state index contributed by atoms with van der Waals surface area (Å²) in [4.78, 5) is 0. The number of aliphatic hydroxyl groups is 2. The first-order valence-electron chi connectivity index (χ1n) is 13.9. The second-order valence-corrected chi connectivity index (χ2v) is 10.1. The average molecular weight is 533 g/mol. The van der Waals surface area contributed by atoms with Gasteiger partial charge in [0.05, 0.1) is 26.4 Å². The standard InChI is InChI=1S/C31H48O7/c1-5-7-17-34-19-20-36-22-28(33)24-38-30-15-11-26(12-16-30)31(3,4)25-9-13-29(14-10-25)37-23-27(32)21-35-18-8-6-2/h9-16,27-28,32-33H,5-8,17-24H2,1-4H3. The van der Waals surface area contributed by atoms with Gasteiger partial charge in [-0.25, -0.2) is 0 Å². The molecule has 0 aliphatic carbocycles. The maximum absolute atomic E-state index is 10.1. The molecule has 0 heterocycles. The third kappa shape index (κ3) is 12.1. The Balaban J connectivity index is 1.75. The van der Waals surface area contributed by atoms with Gasteiger partial charge < -0.3 is 33.9 Å². The van der Waals surface area contributed by atoms with E-state index in [-0.39, 0.29) is 31.8 Å². The number of rotatable bonds is 21. The zero-order chi connectivity index (χ0) is 27.6. The van der Waals surface area contributed by atoms with Crippen molar-refractivity contribution < 1.29 is 33.9 Å². The molecule has 2 rings (SSSR count). The van der Waals surface area contributed by atoms with Gasteiger partial charge >= 0.3 is 0 Å². The summed E-state index contributed by atoms with van der Waals surface area (Å²) < 4.78 is 27.8. The van der Waals surface area contributed by atoms with Crippen molar-refractivity contribution in [2.24, 2.45) is 0 Å². The van der Waals surface area contributed by atoms with Gasteiger partial charge in [0, 0.05) is 18.6 Å². The van der Waals surface area contributed by atoms with Gasteiger partial charge in [-0.3, -0.25) is 0 Å². The van der Waals surface area contributed by atoms with E-state index in [0.29, 0.717) is 31.3 Å². The molecule has 2 unspecified atom stereocenters. The molecule has 0 bridgehead atoms. The van der Waals surface area contributed by atoms with E-state index in [1.165, 1.54) is 0 Å². The lowest BCUT2D eigenvalue weighted by molar-refractivity contribution is -0.0111. The van der Waals surface area contributed by atoms with Crippen LogP contribution in [-0.2, 0) is 19.6 Å². The minimum atomic E-state index is -0.697. The van der Waals surface area contributed by atoms with Crippen LogP contribution in [0.2, 0.25) is 0 Å². The first kappa shape index (κ1) is 32.1. The summed E-state index contributed by atoms with van der Waals surface area (Å²) in [5, 5.41) is 20.1. The Kier molecular flexibility index (Phi) is 15.3. The van der Waals surface area contributed by atoms with Gasteiger partial charge in [0.2, 0.25) is 0 Å². The summed E-state index contributed by atoms with van der Waals surface area (Å²) in [5.41, 5.74) is 2.06. The van der Waals surface area contributed by atoms with E-state index in [1.54, 1.807) is 0 Å². The second kappa shape index (κ2) is 18.2. The minimum Gasteiger partial charge on any atom is -0.491 e. The van der Waals surface area contributed by atoms with Gasteiger partial charge in [0.25, 0.3) is 0 Å². The molecule has 7 nitrogen and oxygen atoms in total. The molecular formula is C31H48O7. The molecule has 38 heavy (non-hydrogen) atoms. The number of hydrogen-bond acceptors (Lipinski definition) is 7. The molecule has 214 valence electrons. The van der Waals surface area contributed by atoms with Crippen molar-refractivity contribution in [3.63, 3.8) is 0 Å². The summed E-state index contributed by atoms with van der Waals surface area (Å²) in [5.74, 6) is 1.42. The number of unbranched alkanes of at least 4 members (excludes halogenated alkanes) is 2. The molecule has 0 fully saturated rings. The van der Waals surface area contributed by atoms with Crippen molar-refractivity contribution in [2.45, 2.75) is 71.0 Å². The Hall–Kier alpha value is -2.16. The van der Waals surface area contributed by atoms with Gasteiger partial charge in [-0.1, -0.05) is 64.8 Å². The molecule has 7 heteroatoms. The smallest absolute Gasteiger partial charge is 0.119 e. The predicted molar refractivity (Wildman–Crippen MR) is 150 cm³/mol. The number of ether oxygens (including phenoxy) is 5. The van der Waals surface area contributed by atoms with Crippen molar-refractivity contribution in [3.05, 3.63) is 59.7 Å². The quantitative estimate of drug-likeness (QED) is 0.215. The topological polar surface area (TPSA) is 86.6 Å². The fourth-order valence-electron chi connectivity index (χ4n) is 3.73. The van der Waals surface area contributed by atoms with Gasteiger partial charge in [-0.05, 0) is 48.2 Å².